The molecule has 0 saturated heterocycles. The van der Waals surface area contributed by atoms with Crippen LogP contribution < -0.4 is 11.2 Å². The van der Waals surface area contributed by atoms with E-state index in [2.05, 4.69) is 9.97 Å². The van der Waals surface area contributed by atoms with E-state index in [9.17, 15) is 14.4 Å². The SMILES string of the molecule is CCCCn1c(=O)[nH]c(=O)c2c1nc(COC(=O)c1cccc(C)c1)n2CC. The van der Waals surface area contributed by atoms with Gasteiger partial charge in [-0.05, 0) is 32.4 Å². The highest BCUT2D eigenvalue weighted by molar-refractivity contribution is 5.89. The molecular weight excluding hydrogens is 360 g/mol. The highest BCUT2D eigenvalue weighted by Gasteiger charge is 2.19. The van der Waals surface area contributed by atoms with E-state index in [-0.39, 0.29) is 6.61 Å². The minimum Gasteiger partial charge on any atom is -0.454 e. The van der Waals surface area contributed by atoms with E-state index in [0.29, 0.717) is 35.6 Å². The number of aromatic nitrogens is 4. The molecule has 0 atom stereocenters. The molecule has 1 N–H and O–H groups in total. The number of unbranched alkanes of at least 4 members (excludes halogenated alkanes) is 1. The summed E-state index contributed by atoms with van der Waals surface area (Å²) in [6.07, 6.45) is 1.69. The number of benzene rings is 1. The fourth-order valence-corrected chi connectivity index (χ4v) is 3.18. The Bertz CT molecular complexity index is 1120. The molecule has 148 valence electrons. The number of esters is 1. The van der Waals surface area contributed by atoms with Crippen molar-refractivity contribution in [3.8, 4) is 0 Å². The first kappa shape index (κ1) is 19.6. The predicted molar refractivity (Wildman–Crippen MR) is 105 cm³/mol. The van der Waals surface area contributed by atoms with Gasteiger partial charge in [-0.15, -0.1) is 0 Å². The van der Waals surface area contributed by atoms with Crippen molar-refractivity contribution in [3.05, 3.63) is 62.1 Å². The standard InChI is InChI=1S/C20H24N4O4/c1-4-6-10-24-17-16(18(25)22-20(24)27)23(5-2)15(21-17)12-28-19(26)14-9-7-8-13(3)11-14/h7-9,11H,4-6,10,12H2,1-3H3,(H,22,25,27). The Balaban J connectivity index is 1.97. The number of fused-ring (bicyclic) bond motifs is 1. The van der Waals surface area contributed by atoms with Crippen LogP contribution in [0, 0.1) is 6.92 Å². The summed E-state index contributed by atoms with van der Waals surface area (Å²) >= 11 is 0. The first-order valence-electron chi connectivity index (χ1n) is 9.42. The Labute approximate surface area is 161 Å². The zero-order valence-corrected chi connectivity index (χ0v) is 16.3. The van der Waals surface area contributed by atoms with Crippen LogP contribution in [0.5, 0.6) is 0 Å². The fraction of sp³-hybridized carbons (Fsp3) is 0.400. The third kappa shape index (κ3) is 3.76. The highest BCUT2D eigenvalue weighted by Crippen LogP contribution is 2.14. The number of rotatable bonds is 7. The van der Waals surface area contributed by atoms with Crippen LogP contribution in [0.4, 0.5) is 0 Å². The molecule has 3 aromatic rings. The molecule has 0 aliphatic carbocycles. The van der Waals surface area contributed by atoms with Crippen LogP contribution in [0.15, 0.2) is 33.9 Å². The Morgan fingerprint density at radius 2 is 2.00 bits per heavy atom. The molecule has 1 aromatic carbocycles. The third-order valence-corrected chi connectivity index (χ3v) is 4.60. The number of hydrogen-bond acceptors (Lipinski definition) is 5. The maximum Gasteiger partial charge on any atom is 0.338 e. The summed E-state index contributed by atoms with van der Waals surface area (Å²) in [5.74, 6) is -0.0319. The fourth-order valence-electron chi connectivity index (χ4n) is 3.18. The lowest BCUT2D eigenvalue weighted by Gasteiger charge is -2.07. The van der Waals surface area contributed by atoms with Gasteiger partial charge in [0.1, 0.15) is 12.4 Å². The maximum absolute atomic E-state index is 12.4. The molecule has 0 spiro atoms. The van der Waals surface area contributed by atoms with Crippen LogP contribution in [0.2, 0.25) is 0 Å². The van der Waals surface area contributed by atoms with Crippen molar-refractivity contribution in [1.29, 1.82) is 0 Å². The van der Waals surface area contributed by atoms with Gasteiger partial charge in [0.15, 0.2) is 11.2 Å². The Hall–Kier alpha value is -3.16. The van der Waals surface area contributed by atoms with Gasteiger partial charge in [0.25, 0.3) is 5.56 Å². The van der Waals surface area contributed by atoms with Gasteiger partial charge in [-0.25, -0.2) is 14.6 Å². The number of aromatic amines is 1. The number of H-pyrrole nitrogens is 1. The smallest absolute Gasteiger partial charge is 0.338 e. The summed E-state index contributed by atoms with van der Waals surface area (Å²) in [6.45, 7) is 6.63. The lowest BCUT2D eigenvalue weighted by molar-refractivity contribution is 0.0458. The van der Waals surface area contributed by atoms with Gasteiger partial charge in [0.05, 0.1) is 5.56 Å². The summed E-state index contributed by atoms with van der Waals surface area (Å²) < 4.78 is 8.56. The Kier molecular flexibility index (Phi) is 5.77. The van der Waals surface area contributed by atoms with E-state index in [1.165, 1.54) is 4.57 Å². The van der Waals surface area contributed by atoms with Crippen molar-refractivity contribution in [1.82, 2.24) is 19.1 Å². The topological polar surface area (TPSA) is 99.0 Å². The molecule has 0 aliphatic rings. The van der Waals surface area contributed by atoms with Crippen molar-refractivity contribution in [2.45, 2.75) is 53.3 Å². The molecule has 0 radical (unpaired) electrons. The molecule has 2 aromatic heterocycles. The molecule has 8 nitrogen and oxygen atoms in total. The van der Waals surface area contributed by atoms with Crippen molar-refractivity contribution in [3.63, 3.8) is 0 Å². The van der Waals surface area contributed by atoms with Crippen molar-refractivity contribution >= 4 is 17.1 Å². The summed E-state index contributed by atoms with van der Waals surface area (Å²) in [6, 6.07) is 7.12. The van der Waals surface area contributed by atoms with Crippen molar-refractivity contribution in [2.24, 2.45) is 0 Å². The summed E-state index contributed by atoms with van der Waals surface area (Å²) in [5.41, 5.74) is 1.09. The number of nitrogens with one attached hydrogen (secondary N) is 1. The molecule has 8 heteroatoms. The quantitative estimate of drug-likeness (QED) is 0.631. The Morgan fingerprint density at radius 3 is 2.68 bits per heavy atom. The summed E-state index contributed by atoms with van der Waals surface area (Å²) in [5, 5.41) is 0. The number of ether oxygens (including phenoxy) is 1. The second kappa shape index (κ2) is 8.24. The van der Waals surface area contributed by atoms with Gasteiger partial charge in [-0.1, -0.05) is 31.0 Å². The molecule has 0 saturated carbocycles. The van der Waals surface area contributed by atoms with Gasteiger partial charge in [0.2, 0.25) is 0 Å². The van der Waals surface area contributed by atoms with Crippen LogP contribution >= 0.6 is 0 Å². The maximum atomic E-state index is 12.4. The predicted octanol–water partition coefficient (Wildman–Crippen LogP) is 2.37. The van der Waals surface area contributed by atoms with Crippen LogP contribution in [0.1, 0.15) is 48.4 Å². The van der Waals surface area contributed by atoms with Gasteiger partial charge >= 0.3 is 11.7 Å². The molecule has 0 aliphatic heterocycles. The third-order valence-electron chi connectivity index (χ3n) is 4.60. The van der Waals surface area contributed by atoms with Gasteiger partial charge in [0, 0.05) is 13.1 Å². The number of carbonyl (C=O) groups is 1. The monoisotopic (exact) mass is 384 g/mol. The number of carbonyl (C=O) groups excluding carboxylic acids is 1. The minimum absolute atomic E-state index is 0.0866. The van der Waals surface area contributed by atoms with E-state index < -0.39 is 17.2 Å². The highest BCUT2D eigenvalue weighted by atomic mass is 16.5. The molecule has 3 rings (SSSR count). The second-order valence-corrected chi connectivity index (χ2v) is 6.65. The second-order valence-electron chi connectivity index (χ2n) is 6.65. The van der Waals surface area contributed by atoms with Crippen molar-refractivity contribution in [2.75, 3.05) is 0 Å². The van der Waals surface area contributed by atoms with E-state index in [1.807, 2.05) is 26.8 Å². The van der Waals surface area contributed by atoms with Crippen LogP contribution in [0.25, 0.3) is 11.2 Å². The zero-order valence-electron chi connectivity index (χ0n) is 16.3. The first-order valence-corrected chi connectivity index (χ1v) is 9.42. The first-order chi connectivity index (χ1) is 13.5. The number of imidazole rings is 1. The summed E-state index contributed by atoms with van der Waals surface area (Å²) in [7, 11) is 0. The van der Waals surface area contributed by atoms with Crippen LogP contribution in [-0.4, -0.2) is 25.1 Å². The molecule has 28 heavy (non-hydrogen) atoms. The number of hydrogen-bond donors (Lipinski definition) is 1. The lowest BCUT2D eigenvalue weighted by Crippen LogP contribution is -2.31. The van der Waals surface area contributed by atoms with Crippen LogP contribution in [0.3, 0.4) is 0 Å². The normalized spacial score (nSPS) is 11.1. The number of nitrogens with zero attached hydrogens (tertiary/aromatic N) is 3. The molecule has 0 bridgehead atoms. The van der Waals surface area contributed by atoms with E-state index >= 15 is 0 Å². The van der Waals surface area contributed by atoms with Gasteiger partial charge in [-0.3, -0.25) is 14.3 Å². The minimum atomic E-state index is -0.488. The van der Waals surface area contributed by atoms with Gasteiger partial charge in [-0.2, -0.15) is 0 Å². The van der Waals surface area contributed by atoms with Crippen molar-refractivity contribution < 1.29 is 9.53 Å². The molecule has 0 unspecified atom stereocenters. The lowest BCUT2D eigenvalue weighted by atomic mass is 10.1. The largest absolute Gasteiger partial charge is 0.454 e. The Morgan fingerprint density at radius 1 is 1.21 bits per heavy atom. The van der Waals surface area contributed by atoms with Crippen LogP contribution in [-0.2, 0) is 24.4 Å². The zero-order chi connectivity index (χ0) is 20.3. The van der Waals surface area contributed by atoms with E-state index in [0.717, 1.165) is 18.4 Å². The summed E-state index contributed by atoms with van der Waals surface area (Å²) in [4.78, 5) is 43.8. The molecular formula is C20H24N4O4. The average Bonchev–Trinajstić information content (AvgIpc) is 3.04. The van der Waals surface area contributed by atoms with E-state index in [4.69, 9.17) is 4.74 Å². The molecule has 0 amide bonds. The van der Waals surface area contributed by atoms with Gasteiger partial charge < -0.3 is 9.30 Å². The average molecular weight is 384 g/mol. The number of aryl methyl sites for hydroxylation is 3. The molecule has 0 fully saturated rings. The molecule has 2 heterocycles. The van der Waals surface area contributed by atoms with E-state index in [1.54, 1.807) is 22.8 Å².